The van der Waals surface area contributed by atoms with Crippen molar-refractivity contribution < 1.29 is 8.78 Å². The van der Waals surface area contributed by atoms with Crippen molar-refractivity contribution in [3.05, 3.63) is 35.4 Å². The van der Waals surface area contributed by atoms with Gasteiger partial charge in [-0.2, -0.15) is 0 Å². The summed E-state index contributed by atoms with van der Waals surface area (Å²) < 4.78 is 26.5. The summed E-state index contributed by atoms with van der Waals surface area (Å²) in [4.78, 5) is 0. The number of benzene rings is 1. The SMILES string of the molecule is CC1(C(N)Cc2ccc(F)cc2F)CCCCC1. The first-order chi connectivity index (χ1) is 8.51. The second-order valence-corrected chi connectivity index (χ2v) is 5.76. The third-order valence-corrected chi connectivity index (χ3v) is 4.35. The van der Waals surface area contributed by atoms with Gasteiger partial charge in [-0.15, -0.1) is 0 Å². The zero-order valence-electron chi connectivity index (χ0n) is 10.9. The maximum atomic E-state index is 13.6. The molecule has 100 valence electrons. The van der Waals surface area contributed by atoms with Crippen molar-refractivity contribution in [2.45, 2.75) is 51.5 Å². The molecule has 18 heavy (non-hydrogen) atoms. The van der Waals surface area contributed by atoms with Gasteiger partial charge < -0.3 is 5.73 Å². The fourth-order valence-corrected chi connectivity index (χ4v) is 2.90. The fourth-order valence-electron chi connectivity index (χ4n) is 2.90. The lowest BCUT2D eigenvalue weighted by molar-refractivity contribution is 0.168. The van der Waals surface area contributed by atoms with Crippen LogP contribution in [0.2, 0.25) is 0 Å². The van der Waals surface area contributed by atoms with Crippen LogP contribution in [0, 0.1) is 17.0 Å². The van der Waals surface area contributed by atoms with E-state index < -0.39 is 11.6 Å². The smallest absolute Gasteiger partial charge is 0.129 e. The highest BCUT2D eigenvalue weighted by atomic mass is 19.1. The second-order valence-electron chi connectivity index (χ2n) is 5.76. The van der Waals surface area contributed by atoms with E-state index in [-0.39, 0.29) is 11.5 Å². The Kier molecular flexibility index (Phi) is 4.00. The van der Waals surface area contributed by atoms with Crippen molar-refractivity contribution in [1.29, 1.82) is 0 Å². The van der Waals surface area contributed by atoms with Gasteiger partial charge in [0.1, 0.15) is 11.6 Å². The summed E-state index contributed by atoms with van der Waals surface area (Å²) in [7, 11) is 0. The maximum absolute atomic E-state index is 13.6. The Morgan fingerprint density at radius 2 is 1.89 bits per heavy atom. The average molecular weight is 253 g/mol. The molecule has 0 aromatic heterocycles. The highest BCUT2D eigenvalue weighted by Gasteiger charge is 2.33. The lowest BCUT2D eigenvalue weighted by Crippen LogP contribution is -2.42. The van der Waals surface area contributed by atoms with Crippen molar-refractivity contribution in [2.24, 2.45) is 11.1 Å². The Morgan fingerprint density at radius 1 is 1.22 bits per heavy atom. The summed E-state index contributed by atoms with van der Waals surface area (Å²) in [5, 5.41) is 0. The lowest BCUT2D eigenvalue weighted by Gasteiger charge is -2.39. The minimum atomic E-state index is -0.534. The Hall–Kier alpha value is -0.960. The molecule has 1 aromatic carbocycles. The first kappa shape index (κ1) is 13.5. The van der Waals surface area contributed by atoms with Crippen molar-refractivity contribution >= 4 is 0 Å². The Bertz CT molecular complexity index is 411. The molecule has 2 rings (SSSR count). The lowest BCUT2D eigenvalue weighted by atomic mass is 9.69. The molecule has 1 aliphatic carbocycles. The van der Waals surface area contributed by atoms with Gasteiger partial charge in [-0.05, 0) is 36.3 Å². The van der Waals surface area contributed by atoms with E-state index in [0.717, 1.165) is 18.9 Å². The van der Waals surface area contributed by atoms with Gasteiger partial charge in [0, 0.05) is 12.1 Å². The molecular weight excluding hydrogens is 232 g/mol. The minimum absolute atomic E-state index is 0.0576. The molecular formula is C15H21F2N. The Balaban J connectivity index is 2.08. The zero-order chi connectivity index (χ0) is 13.2. The molecule has 1 aliphatic rings. The molecule has 1 aromatic rings. The summed E-state index contributed by atoms with van der Waals surface area (Å²) >= 11 is 0. The molecule has 0 spiro atoms. The monoisotopic (exact) mass is 253 g/mol. The van der Waals surface area contributed by atoms with Crippen LogP contribution in [-0.4, -0.2) is 6.04 Å². The predicted octanol–water partition coefficient (Wildman–Crippen LogP) is 3.81. The number of halogens is 2. The molecule has 1 nitrogen and oxygen atoms in total. The van der Waals surface area contributed by atoms with E-state index in [4.69, 9.17) is 5.73 Å². The van der Waals surface area contributed by atoms with Gasteiger partial charge >= 0.3 is 0 Å². The van der Waals surface area contributed by atoms with Crippen LogP contribution in [0.25, 0.3) is 0 Å². The van der Waals surface area contributed by atoms with Crippen LogP contribution in [0.3, 0.4) is 0 Å². The van der Waals surface area contributed by atoms with Crippen LogP contribution >= 0.6 is 0 Å². The van der Waals surface area contributed by atoms with Gasteiger partial charge in [0.2, 0.25) is 0 Å². The van der Waals surface area contributed by atoms with Crippen LogP contribution in [0.1, 0.15) is 44.6 Å². The van der Waals surface area contributed by atoms with Crippen LogP contribution in [0.5, 0.6) is 0 Å². The minimum Gasteiger partial charge on any atom is -0.327 e. The molecule has 0 aliphatic heterocycles. The third-order valence-electron chi connectivity index (χ3n) is 4.35. The van der Waals surface area contributed by atoms with E-state index in [2.05, 4.69) is 6.92 Å². The van der Waals surface area contributed by atoms with Crippen molar-refractivity contribution in [2.75, 3.05) is 0 Å². The maximum Gasteiger partial charge on any atom is 0.129 e. The van der Waals surface area contributed by atoms with E-state index in [0.29, 0.717) is 12.0 Å². The standard InChI is InChI=1S/C15H21F2N/c1-15(7-3-2-4-8-15)14(18)9-11-5-6-12(16)10-13(11)17/h5-6,10,14H,2-4,7-9,18H2,1H3. The first-order valence-corrected chi connectivity index (χ1v) is 6.71. The third kappa shape index (κ3) is 2.89. The van der Waals surface area contributed by atoms with E-state index in [1.54, 1.807) is 0 Å². The van der Waals surface area contributed by atoms with Gasteiger partial charge in [0.15, 0.2) is 0 Å². The molecule has 1 fully saturated rings. The van der Waals surface area contributed by atoms with Crippen LogP contribution in [0.4, 0.5) is 8.78 Å². The molecule has 0 radical (unpaired) electrons. The summed E-state index contributed by atoms with van der Waals surface area (Å²) in [5.41, 5.74) is 6.88. The van der Waals surface area contributed by atoms with Crippen molar-refractivity contribution in [3.63, 3.8) is 0 Å². The van der Waals surface area contributed by atoms with Gasteiger partial charge in [-0.1, -0.05) is 32.3 Å². The predicted molar refractivity (Wildman–Crippen MR) is 69.2 cm³/mol. The normalized spacial score (nSPS) is 20.7. The Morgan fingerprint density at radius 3 is 2.50 bits per heavy atom. The molecule has 1 atom stereocenters. The number of rotatable bonds is 3. The first-order valence-electron chi connectivity index (χ1n) is 6.71. The summed E-state index contributed by atoms with van der Waals surface area (Å²) in [6.07, 6.45) is 6.38. The average Bonchev–Trinajstić information content (AvgIpc) is 2.33. The largest absolute Gasteiger partial charge is 0.327 e. The van der Waals surface area contributed by atoms with Crippen LogP contribution in [-0.2, 0) is 6.42 Å². The van der Waals surface area contributed by atoms with Crippen molar-refractivity contribution in [3.8, 4) is 0 Å². The quantitative estimate of drug-likeness (QED) is 0.871. The number of nitrogens with two attached hydrogens (primary N) is 1. The fraction of sp³-hybridized carbons (Fsp3) is 0.600. The van der Waals surface area contributed by atoms with Gasteiger partial charge in [0.25, 0.3) is 0 Å². The highest BCUT2D eigenvalue weighted by molar-refractivity contribution is 5.20. The van der Waals surface area contributed by atoms with Gasteiger partial charge in [-0.25, -0.2) is 8.78 Å². The Labute approximate surface area is 107 Å². The van der Waals surface area contributed by atoms with E-state index in [1.807, 2.05) is 0 Å². The molecule has 0 bridgehead atoms. The van der Waals surface area contributed by atoms with E-state index in [1.165, 1.54) is 31.4 Å². The van der Waals surface area contributed by atoms with Crippen LogP contribution in [0.15, 0.2) is 18.2 Å². The molecule has 0 amide bonds. The summed E-state index contributed by atoms with van der Waals surface area (Å²) in [5.74, 6) is -1.02. The molecule has 0 heterocycles. The van der Waals surface area contributed by atoms with Gasteiger partial charge in [-0.3, -0.25) is 0 Å². The van der Waals surface area contributed by atoms with Crippen LogP contribution < -0.4 is 5.73 Å². The second kappa shape index (κ2) is 5.35. The summed E-state index contributed by atoms with van der Waals surface area (Å²) in [6, 6.07) is 3.69. The van der Waals surface area contributed by atoms with E-state index in [9.17, 15) is 8.78 Å². The molecule has 0 saturated heterocycles. The summed E-state index contributed by atoms with van der Waals surface area (Å²) in [6.45, 7) is 2.19. The highest BCUT2D eigenvalue weighted by Crippen LogP contribution is 2.39. The molecule has 1 saturated carbocycles. The van der Waals surface area contributed by atoms with Gasteiger partial charge in [0.05, 0.1) is 0 Å². The van der Waals surface area contributed by atoms with Crippen molar-refractivity contribution in [1.82, 2.24) is 0 Å². The topological polar surface area (TPSA) is 26.0 Å². The molecule has 1 unspecified atom stereocenters. The molecule has 2 N–H and O–H groups in total. The number of hydrogen-bond acceptors (Lipinski definition) is 1. The molecule has 3 heteroatoms. The van der Waals surface area contributed by atoms with E-state index >= 15 is 0 Å². The number of hydrogen-bond donors (Lipinski definition) is 1. The zero-order valence-corrected chi connectivity index (χ0v) is 10.9.